The Morgan fingerprint density at radius 3 is 2.39 bits per heavy atom. The predicted molar refractivity (Wildman–Crippen MR) is 68.9 cm³/mol. The number of carboxylic acid groups (broad SMARTS) is 1. The first kappa shape index (κ1) is 14.5. The number of benzene rings is 1. The van der Waals surface area contributed by atoms with Crippen LogP contribution in [0.3, 0.4) is 0 Å². The molecule has 1 aromatic carbocycles. The molecule has 0 saturated heterocycles. The molecule has 4 heteroatoms. The third kappa shape index (κ3) is 4.37. The molecule has 100 valence electrons. The minimum absolute atomic E-state index is 0.153. The Balaban J connectivity index is 2.51. The maximum absolute atomic E-state index is 10.9. The number of ether oxygens (including phenoxy) is 2. The van der Waals surface area contributed by atoms with E-state index in [2.05, 4.69) is 0 Å². The Bertz CT molecular complexity index is 381. The van der Waals surface area contributed by atoms with Crippen molar-refractivity contribution in [1.82, 2.24) is 0 Å². The highest BCUT2D eigenvalue weighted by atomic mass is 16.5. The molecule has 0 aliphatic heterocycles. The summed E-state index contributed by atoms with van der Waals surface area (Å²) in [5.41, 5.74) is 0.288. The molecular formula is C14H20O4. The fourth-order valence-corrected chi connectivity index (χ4v) is 1.30. The van der Waals surface area contributed by atoms with Gasteiger partial charge in [0.1, 0.15) is 12.4 Å². The predicted octanol–water partition coefficient (Wildman–Crippen LogP) is 2.37. The van der Waals surface area contributed by atoms with Crippen LogP contribution in [0.1, 0.15) is 19.4 Å². The third-order valence-electron chi connectivity index (χ3n) is 2.70. The van der Waals surface area contributed by atoms with Gasteiger partial charge in [0.05, 0.1) is 12.0 Å². The van der Waals surface area contributed by atoms with Crippen molar-refractivity contribution >= 4 is 5.97 Å². The van der Waals surface area contributed by atoms with Crippen molar-refractivity contribution in [3.8, 4) is 5.75 Å². The molecule has 0 bridgehead atoms. The van der Waals surface area contributed by atoms with Crippen molar-refractivity contribution in [1.29, 1.82) is 0 Å². The fourth-order valence-electron chi connectivity index (χ4n) is 1.30. The maximum atomic E-state index is 10.9. The number of carboxylic acids is 1. The van der Waals surface area contributed by atoms with E-state index in [0.717, 1.165) is 6.42 Å². The molecule has 0 amide bonds. The van der Waals surface area contributed by atoms with Gasteiger partial charge in [0, 0.05) is 7.11 Å². The summed E-state index contributed by atoms with van der Waals surface area (Å²) in [4.78, 5) is 10.9. The summed E-state index contributed by atoms with van der Waals surface area (Å²) in [6.07, 6.45) is 0.859. The molecule has 0 aliphatic carbocycles. The van der Waals surface area contributed by atoms with E-state index in [0.29, 0.717) is 12.4 Å². The van der Waals surface area contributed by atoms with Gasteiger partial charge in [0.25, 0.3) is 0 Å². The highest BCUT2D eigenvalue weighted by Gasteiger charge is 2.28. The molecule has 1 N–H and O–H groups in total. The molecule has 0 heterocycles. The Hall–Kier alpha value is -1.55. The van der Waals surface area contributed by atoms with Crippen LogP contribution in [-0.4, -0.2) is 31.4 Å². The molecule has 18 heavy (non-hydrogen) atoms. The van der Waals surface area contributed by atoms with E-state index in [1.54, 1.807) is 21.0 Å². The second-order valence-electron chi connectivity index (χ2n) is 4.86. The number of rotatable bonds is 7. The van der Waals surface area contributed by atoms with Gasteiger partial charge in [-0.15, -0.1) is 0 Å². The number of hydrogen-bond acceptors (Lipinski definition) is 3. The van der Waals surface area contributed by atoms with Crippen LogP contribution in [0.4, 0.5) is 0 Å². The summed E-state index contributed by atoms with van der Waals surface area (Å²) in [5, 5.41) is 8.97. The van der Waals surface area contributed by atoms with Crippen LogP contribution in [0, 0.1) is 5.41 Å². The van der Waals surface area contributed by atoms with Crippen LogP contribution < -0.4 is 4.74 Å². The molecule has 0 fully saturated rings. The van der Waals surface area contributed by atoms with Gasteiger partial charge in [-0.25, -0.2) is 0 Å². The molecule has 1 aromatic rings. The lowest BCUT2D eigenvalue weighted by Crippen LogP contribution is -2.30. The van der Waals surface area contributed by atoms with Crippen molar-refractivity contribution < 1.29 is 19.4 Å². The van der Waals surface area contributed by atoms with Crippen LogP contribution in [0.2, 0.25) is 0 Å². The van der Waals surface area contributed by atoms with Gasteiger partial charge in [-0.1, -0.05) is 12.1 Å². The number of aliphatic carboxylic acids is 1. The van der Waals surface area contributed by atoms with Crippen molar-refractivity contribution in [3.63, 3.8) is 0 Å². The summed E-state index contributed by atoms with van der Waals surface area (Å²) in [7, 11) is 1.67. The van der Waals surface area contributed by atoms with E-state index in [1.807, 2.05) is 24.3 Å². The molecule has 0 radical (unpaired) electrons. The highest BCUT2D eigenvalue weighted by molar-refractivity contribution is 5.73. The molecule has 0 atom stereocenters. The zero-order valence-corrected chi connectivity index (χ0v) is 11.1. The average Bonchev–Trinajstić information content (AvgIpc) is 2.35. The Morgan fingerprint density at radius 2 is 1.89 bits per heavy atom. The zero-order chi connectivity index (χ0) is 13.6. The molecule has 0 saturated carbocycles. The first-order chi connectivity index (χ1) is 8.45. The fraction of sp³-hybridized carbons (Fsp3) is 0.500. The smallest absolute Gasteiger partial charge is 0.312 e. The van der Waals surface area contributed by atoms with Crippen LogP contribution >= 0.6 is 0 Å². The Morgan fingerprint density at radius 1 is 1.28 bits per heavy atom. The summed E-state index contributed by atoms with van der Waals surface area (Å²) in [6.45, 7) is 4.12. The van der Waals surface area contributed by atoms with Gasteiger partial charge in [0.15, 0.2) is 0 Å². The van der Waals surface area contributed by atoms with Crippen molar-refractivity contribution in [2.45, 2.75) is 20.3 Å². The van der Waals surface area contributed by atoms with Crippen LogP contribution in [0.25, 0.3) is 0 Å². The SMILES string of the molecule is COCCc1ccc(OCC(C)(C)C(=O)O)cc1. The van der Waals surface area contributed by atoms with Crippen LogP contribution in [0.15, 0.2) is 24.3 Å². The standard InChI is InChI=1S/C14H20O4/c1-14(2,13(15)16)10-18-12-6-4-11(5-7-12)8-9-17-3/h4-7H,8-10H2,1-3H3,(H,15,16). The normalized spacial score (nSPS) is 11.3. The van der Waals surface area contributed by atoms with Gasteiger partial charge in [0.2, 0.25) is 0 Å². The summed E-state index contributed by atoms with van der Waals surface area (Å²) < 4.78 is 10.5. The summed E-state index contributed by atoms with van der Waals surface area (Å²) >= 11 is 0. The first-order valence-corrected chi connectivity index (χ1v) is 5.90. The largest absolute Gasteiger partial charge is 0.492 e. The van der Waals surface area contributed by atoms with E-state index in [4.69, 9.17) is 14.6 Å². The van der Waals surface area contributed by atoms with E-state index >= 15 is 0 Å². The van der Waals surface area contributed by atoms with Gasteiger partial charge in [-0.2, -0.15) is 0 Å². The second kappa shape index (κ2) is 6.40. The number of hydrogen-bond donors (Lipinski definition) is 1. The van der Waals surface area contributed by atoms with Crippen molar-refractivity contribution in [2.24, 2.45) is 5.41 Å². The van der Waals surface area contributed by atoms with E-state index < -0.39 is 11.4 Å². The lowest BCUT2D eigenvalue weighted by atomic mass is 9.95. The average molecular weight is 252 g/mol. The Kier molecular flexibility index (Phi) is 5.16. The molecule has 0 aliphatic rings. The van der Waals surface area contributed by atoms with Crippen LogP contribution in [0.5, 0.6) is 5.75 Å². The number of methoxy groups -OCH3 is 1. The molecule has 0 aromatic heterocycles. The zero-order valence-electron chi connectivity index (χ0n) is 11.1. The lowest BCUT2D eigenvalue weighted by molar-refractivity contribution is -0.148. The molecule has 0 unspecified atom stereocenters. The minimum atomic E-state index is -0.880. The molecule has 4 nitrogen and oxygen atoms in total. The monoisotopic (exact) mass is 252 g/mol. The van der Waals surface area contributed by atoms with Gasteiger partial charge >= 0.3 is 5.97 Å². The molecule has 0 spiro atoms. The van der Waals surface area contributed by atoms with Gasteiger partial charge < -0.3 is 14.6 Å². The van der Waals surface area contributed by atoms with Gasteiger partial charge in [-0.3, -0.25) is 4.79 Å². The summed E-state index contributed by atoms with van der Waals surface area (Å²) in [6, 6.07) is 7.62. The third-order valence-corrected chi connectivity index (χ3v) is 2.70. The topological polar surface area (TPSA) is 55.8 Å². The van der Waals surface area contributed by atoms with E-state index in [-0.39, 0.29) is 6.61 Å². The van der Waals surface area contributed by atoms with Crippen molar-refractivity contribution in [3.05, 3.63) is 29.8 Å². The van der Waals surface area contributed by atoms with E-state index in [9.17, 15) is 4.79 Å². The van der Waals surface area contributed by atoms with Gasteiger partial charge in [-0.05, 0) is 38.0 Å². The highest BCUT2D eigenvalue weighted by Crippen LogP contribution is 2.19. The Labute approximate surface area is 108 Å². The maximum Gasteiger partial charge on any atom is 0.312 e. The quantitative estimate of drug-likeness (QED) is 0.809. The van der Waals surface area contributed by atoms with Crippen LogP contribution in [-0.2, 0) is 16.0 Å². The number of carbonyl (C=O) groups is 1. The molecular weight excluding hydrogens is 232 g/mol. The summed E-state index contributed by atoms with van der Waals surface area (Å²) in [5.74, 6) is -0.176. The second-order valence-corrected chi connectivity index (χ2v) is 4.86. The van der Waals surface area contributed by atoms with Crippen molar-refractivity contribution in [2.75, 3.05) is 20.3 Å². The lowest BCUT2D eigenvalue weighted by Gasteiger charge is -2.19. The van der Waals surface area contributed by atoms with E-state index in [1.165, 1.54) is 5.56 Å². The first-order valence-electron chi connectivity index (χ1n) is 5.90. The minimum Gasteiger partial charge on any atom is -0.492 e. The molecule has 1 rings (SSSR count).